The second-order valence-corrected chi connectivity index (χ2v) is 5.36. The van der Waals surface area contributed by atoms with Crippen molar-refractivity contribution in [1.29, 1.82) is 0 Å². The monoisotopic (exact) mass is 332 g/mol. The number of benzene rings is 2. The van der Waals surface area contributed by atoms with Crippen molar-refractivity contribution in [2.75, 3.05) is 19.0 Å². The normalized spacial score (nSPS) is 12.4. The molecule has 5 heteroatoms. The number of para-hydroxylation sites is 1. The van der Waals surface area contributed by atoms with Gasteiger partial charge in [-0.2, -0.15) is 0 Å². The summed E-state index contributed by atoms with van der Waals surface area (Å²) in [6.45, 7) is 1.43. The second-order valence-electron chi connectivity index (χ2n) is 5.36. The van der Waals surface area contributed by atoms with Crippen molar-refractivity contribution in [3.8, 4) is 5.75 Å². The first-order valence-electron chi connectivity index (χ1n) is 7.55. The van der Waals surface area contributed by atoms with E-state index in [9.17, 15) is 4.79 Å². The predicted molar refractivity (Wildman–Crippen MR) is 94.7 cm³/mol. The first-order valence-corrected chi connectivity index (χ1v) is 7.55. The standard InChI is InChI=1S/C18H20N2O2.ClH/c1-22-17-10-3-2-6-13(17)12-20-18(21)15-7-4-9-16-14(15)8-5-11-19-16;/h2-4,6-7,9-10,19H,5,8,11-12H2,1H3,(H,20,21);1H. The molecule has 0 unspecified atom stereocenters. The van der Waals surface area contributed by atoms with Crippen molar-refractivity contribution in [2.45, 2.75) is 19.4 Å². The van der Waals surface area contributed by atoms with Gasteiger partial charge in [0.1, 0.15) is 5.75 Å². The van der Waals surface area contributed by atoms with Crippen molar-refractivity contribution >= 4 is 24.0 Å². The molecular weight excluding hydrogens is 312 g/mol. The summed E-state index contributed by atoms with van der Waals surface area (Å²) in [6.07, 6.45) is 2.00. The largest absolute Gasteiger partial charge is 0.496 e. The molecule has 1 aliphatic rings. The van der Waals surface area contributed by atoms with Gasteiger partial charge in [-0.15, -0.1) is 12.4 Å². The van der Waals surface area contributed by atoms with Crippen LogP contribution in [0.3, 0.4) is 0 Å². The molecule has 2 N–H and O–H groups in total. The Morgan fingerprint density at radius 1 is 1.22 bits per heavy atom. The zero-order valence-corrected chi connectivity index (χ0v) is 13.9. The minimum atomic E-state index is -0.0357. The third-order valence-corrected chi connectivity index (χ3v) is 3.97. The maximum absolute atomic E-state index is 12.5. The summed E-state index contributed by atoms with van der Waals surface area (Å²) in [6, 6.07) is 13.6. The summed E-state index contributed by atoms with van der Waals surface area (Å²) in [5.41, 5.74) is 3.93. The SMILES string of the molecule is COc1ccccc1CNC(=O)c1cccc2c1CCCN2.Cl. The van der Waals surface area contributed by atoms with E-state index in [-0.39, 0.29) is 18.3 Å². The molecule has 2 aromatic rings. The van der Waals surface area contributed by atoms with Crippen LogP contribution in [0, 0.1) is 0 Å². The minimum absolute atomic E-state index is 0. The number of methoxy groups -OCH3 is 1. The van der Waals surface area contributed by atoms with Gasteiger partial charge in [0.25, 0.3) is 5.91 Å². The van der Waals surface area contributed by atoms with Gasteiger partial charge in [-0.05, 0) is 36.6 Å². The summed E-state index contributed by atoms with van der Waals surface area (Å²) >= 11 is 0. The number of fused-ring (bicyclic) bond motifs is 1. The minimum Gasteiger partial charge on any atom is -0.496 e. The molecule has 3 rings (SSSR count). The van der Waals surface area contributed by atoms with Gasteiger partial charge < -0.3 is 15.4 Å². The fraction of sp³-hybridized carbons (Fsp3) is 0.278. The average molecular weight is 333 g/mol. The molecule has 0 aromatic heterocycles. The van der Waals surface area contributed by atoms with E-state index in [1.807, 2.05) is 42.5 Å². The number of carbonyl (C=O) groups is 1. The van der Waals surface area contributed by atoms with E-state index in [0.717, 1.165) is 47.5 Å². The number of hydrogen-bond acceptors (Lipinski definition) is 3. The summed E-state index contributed by atoms with van der Waals surface area (Å²) < 4.78 is 5.31. The van der Waals surface area contributed by atoms with Gasteiger partial charge in [-0.1, -0.05) is 24.3 Å². The molecule has 1 heterocycles. The van der Waals surface area contributed by atoms with Crippen LogP contribution in [0.25, 0.3) is 0 Å². The highest BCUT2D eigenvalue weighted by Crippen LogP contribution is 2.25. The van der Waals surface area contributed by atoms with E-state index in [4.69, 9.17) is 4.74 Å². The van der Waals surface area contributed by atoms with Gasteiger partial charge in [0.2, 0.25) is 0 Å². The molecule has 0 aliphatic carbocycles. The third kappa shape index (κ3) is 3.77. The van der Waals surface area contributed by atoms with Crippen molar-refractivity contribution in [2.24, 2.45) is 0 Å². The molecular formula is C18H21ClN2O2. The lowest BCUT2D eigenvalue weighted by Crippen LogP contribution is -2.25. The van der Waals surface area contributed by atoms with Crippen molar-refractivity contribution in [1.82, 2.24) is 5.32 Å². The summed E-state index contributed by atoms with van der Waals surface area (Å²) in [4.78, 5) is 12.5. The number of carbonyl (C=O) groups excluding carboxylic acids is 1. The van der Waals surface area contributed by atoms with E-state index < -0.39 is 0 Å². The van der Waals surface area contributed by atoms with Crippen LogP contribution in [0.1, 0.15) is 27.9 Å². The molecule has 1 aliphatic heterocycles. The van der Waals surface area contributed by atoms with Gasteiger partial charge in [-0.25, -0.2) is 0 Å². The lowest BCUT2D eigenvalue weighted by atomic mass is 9.97. The van der Waals surface area contributed by atoms with Gasteiger partial charge in [0, 0.05) is 29.9 Å². The Kier molecular flexibility index (Phi) is 5.88. The second kappa shape index (κ2) is 7.88. The lowest BCUT2D eigenvalue weighted by molar-refractivity contribution is 0.0949. The summed E-state index contributed by atoms with van der Waals surface area (Å²) in [5.74, 6) is 0.756. The maximum atomic E-state index is 12.5. The lowest BCUT2D eigenvalue weighted by Gasteiger charge is -2.20. The molecule has 0 bridgehead atoms. The topological polar surface area (TPSA) is 50.4 Å². The van der Waals surface area contributed by atoms with Crippen molar-refractivity contribution < 1.29 is 9.53 Å². The van der Waals surface area contributed by atoms with Crippen molar-refractivity contribution in [3.63, 3.8) is 0 Å². The molecule has 0 atom stereocenters. The van der Waals surface area contributed by atoms with Crippen LogP contribution in [0.2, 0.25) is 0 Å². The van der Waals surface area contributed by atoms with E-state index in [2.05, 4.69) is 10.6 Å². The van der Waals surface area contributed by atoms with Gasteiger partial charge in [0.15, 0.2) is 0 Å². The quantitative estimate of drug-likeness (QED) is 0.902. The van der Waals surface area contributed by atoms with Gasteiger partial charge >= 0.3 is 0 Å². The predicted octanol–water partition coefficient (Wildman–Crippen LogP) is 3.41. The van der Waals surface area contributed by atoms with Crippen LogP contribution in [0.4, 0.5) is 5.69 Å². The number of halogens is 1. The fourth-order valence-electron chi connectivity index (χ4n) is 2.84. The zero-order valence-electron chi connectivity index (χ0n) is 13.1. The van der Waals surface area contributed by atoms with Gasteiger partial charge in [-0.3, -0.25) is 4.79 Å². The highest BCUT2D eigenvalue weighted by Gasteiger charge is 2.17. The molecule has 1 amide bonds. The fourth-order valence-corrected chi connectivity index (χ4v) is 2.84. The van der Waals surface area contributed by atoms with Crippen molar-refractivity contribution in [3.05, 3.63) is 59.2 Å². The first-order chi connectivity index (χ1) is 10.8. The Morgan fingerprint density at radius 3 is 2.87 bits per heavy atom. The molecule has 122 valence electrons. The van der Waals surface area contributed by atoms with Crippen LogP contribution in [-0.4, -0.2) is 19.6 Å². The Bertz CT molecular complexity index is 688. The van der Waals surface area contributed by atoms with Crippen LogP contribution in [-0.2, 0) is 13.0 Å². The molecule has 0 radical (unpaired) electrons. The number of anilines is 1. The Hall–Kier alpha value is -2.20. The van der Waals surface area contributed by atoms with E-state index in [1.165, 1.54) is 0 Å². The molecule has 0 fully saturated rings. The molecule has 0 spiro atoms. The van der Waals surface area contributed by atoms with Crippen LogP contribution < -0.4 is 15.4 Å². The molecule has 4 nitrogen and oxygen atoms in total. The van der Waals surface area contributed by atoms with Crippen LogP contribution >= 0.6 is 12.4 Å². The van der Waals surface area contributed by atoms with Crippen LogP contribution in [0.5, 0.6) is 5.75 Å². The Balaban J connectivity index is 0.00000192. The highest BCUT2D eigenvalue weighted by molar-refractivity contribution is 5.97. The number of amides is 1. The molecule has 0 saturated carbocycles. The molecule has 2 aromatic carbocycles. The number of ether oxygens (including phenoxy) is 1. The summed E-state index contributed by atoms with van der Waals surface area (Å²) in [7, 11) is 1.64. The molecule has 0 saturated heterocycles. The maximum Gasteiger partial charge on any atom is 0.251 e. The summed E-state index contributed by atoms with van der Waals surface area (Å²) in [5, 5.41) is 6.34. The number of rotatable bonds is 4. The molecule has 23 heavy (non-hydrogen) atoms. The van der Waals surface area contributed by atoms with Gasteiger partial charge in [0.05, 0.1) is 7.11 Å². The smallest absolute Gasteiger partial charge is 0.251 e. The van der Waals surface area contributed by atoms with E-state index in [1.54, 1.807) is 7.11 Å². The first kappa shape index (κ1) is 17.2. The number of hydrogen-bond donors (Lipinski definition) is 2. The zero-order chi connectivity index (χ0) is 15.4. The third-order valence-electron chi connectivity index (χ3n) is 3.97. The number of nitrogens with one attached hydrogen (secondary N) is 2. The average Bonchev–Trinajstić information content (AvgIpc) is 2.59. The Labute approximate surface area is 142 Å². The van der Waals surface area contributed by atoms with Crippen LogP contribution in [0.15, 0.2) is 42.5 Å². The van der Waals surface area contributed by atoms with E-state index in [0.29, 0.717) is 6.54 Å². The Morgan fingerprint density at radius 2 is 2.04 bits per heavy atom. The van der Waals surface area contributed by atoms with E-state index >= 15 is 0 Å². The highest BCUT2D eigenvalue weighted by atomic mass is 35.5.